The molecule has 0 spiro atoms. The molecular weight excluding hydrogens is 262 g/mol. The second-order valence-electron chi connectivity index (χ2n) is 1.84. The number of benzene rings is 1. The topological polar surface area (TPSA) is 0 Å². The van der Waals surface area contributed by atoms with Gasteiger partial charge in [-0.3, -0.25) is 0 Å². The summed E-state index contributed by atoms with van der Waals surface area (Å²) in [5.41, 5.74) is 0. The molecular formula is C6H2Cl3FS2. The second-order valence-corrected chi connectivity index (χ2v) is 4.67. The van der Waals surface area contributed by atoms with E-state index in [9.17, 15) is 3.89 Å². The predicted molar refractivity (Wildman–Crippen MR) is 56.0 cm³/mol. The van der Waals surface area contributed by atoms with E-state index in [1.54, 1.807) is 0 Å². The minimum Gasteiger partial charge on any atom is -0.152 e. The monoisotopic (exact) mass is 262 g/mol. The lowest BCUT2D eigenvalue weighted by molar-refractivity contribution is 0.953. The van der Waals surface area contributed by atoms with Crippen LogP contribution in [0.15, 0.2) is 17.0 Å². The molecule has 6 heteroatoms. The zero-order valence-electron chi connectivity index (χ0n) is 5.48. The van der Waals surface area contributed by atoms with Gasteiger partial charge in [-0.2, -0.15) is 3.89 Å². The van der Waals surface area contributed by atoms with Gasteiger partial charge in [0.1, 0.15) is 11.2 Å². The number of hydrogen-bond acceptors (Lipinski definition) is 2. The Morgan fingerprint density at radius 3 is 2.00 bits per heavy atom. The highest BCUT2D eigenvalue weighted by Gasteiger charge is 2.08. The Bertz CT molecular complexity index is 269. The molecule has 0 aromatic heterocycles. The van der Waals surface area contributed by atoms with E-state index < -0.39 is 0 Å². The summed E-state index contributed by atoms with van der Waals surface area (Å²) in [7, 11) is 0.865. The summed E-state index contributed by atoms with van der Waals surface area (Å²) in [5, 5.41) is 1.17. The van der Waals surface area contributed by atoms with Gasteiger partial charge in [-0.15, -0.1) is 0 Å². The fraction of sp³-hybridized carbons (Fsp3) is 0. The lowest BCUT2D eigenvalue weighted by Gasteiger charge is -2.02. The van der Waals surface area contributed by atoms with Crippen molar-refractivity contribution in [2.75, 3.05) is 0 Å². The molecule has 0 saturated heterocycles. The summed E-state index contributed by atoms with van der Waals surface area (Å²) in [4.78, 5) is 0.496. The Hall–Kier alpha value is 0.720. The maximum absolute atomic E-state index is 11.9. The SMILES string of the molecule is FSSc1c(Cl)cc(Cl)cc1Cl. The Balaban J connectivity index is 3.10. The van der Waals surface area contributed by atoms with Gasteiger partial charge in [-0.05, 0) is 22.9 Å². The first-order valence-electron chi connectivity index (χ1n) is 2.75. The fourth-order valence-electron chi connectivity index (χ4n) is 0.640. The van der Waals surface area contributed by atoms with Crippen molar-refractivity contribution in [2.45, 2.75) is 4.90 Å². The van der Waals surface area contributed by atoms with Crippen molar-refractivity contribution in [3.63, 3.8) is 0 Å². The van der Waals surface area contributed by atoms with Gasteiger partial charge >= 0.3 is 0 Å². The quantitative estimate of drug-likeness (QED) is 0.667. The summed E-state index contributed by atoms with van der Waals surface area (Å²) in [6.45, 7) is 0. The van der Waals surface area contributed by atoms with Crippen LogP contribution < -0.4 is 0 Å². The van der Waals surface area contributed by atoms with E-state index in [-0.39, 0.29) is 11.2 Å². The smallest absolute Gasteiger partial charge is 0.120 e. The molecule has 1 aromatic carbocycles. The highest BCUT2D eigenvalue weighted by molar-refractivity contribution is 8.74. The third kappa shape index (κ3) is 2.60. The van der Waals surface area contributed by atoms with Gasteiger partial charge in [-0.25, -0.2) is 0 Å². The van der Waals surface area contributed by atoms with E-state index in [0.717, 1.165) is 10.8 Å². The Kier molecular flexibility index (Phi) is 4.34. The van der Waals surface area contributed by atoms with Crippen molar-refractivity contribution in [1.29, 1.82) is 0 Å². The highest BCUT2D eigenvalue weighted by Crippen LogP contribution is 2.42. The van der Waals surface area contributed by atoms with E-state index >= 15 is 0 Å². The molecule has 0 saturated carbocycles. The van der Waals surface area contributed by atoms with Crippen LogP contribution in [-0.2, 0) is 0 Å². The first kappa shape index (κ1) is 10.8. The summed E-state index contributed by atoms with van der Waals surface area (Å²) in [5.74, 6) is 0. The van der Waals surface area contributed by atoms with E-state index in [4.69, 9.17) is 34.8 Å². The van der Waals surface area contributed by atoms with E-state index in [1.807, 2.05) is 0 Å². The highest BCUT2D eigenvalue weighted by atomic mass is 35.5. The molecule has 0 heterocycles. The zero-order valence-corrected chi connectivity index (χ0v) is 9.38. The van der Waals surface area contributed by atoms with Gasteiger partial charge in [0.05, 0.1) is 14.9 Å². The van der Waals surface area contributed by atoms with Gasteiger partial charge in [0.25, 0.3) is 0 Å². The minimum absolute atomic E-state index is 0.0936. The van der Waals surface area contributed by atoms with Crippen LogP contribution in [0.1, 0.15) is 0 Å². The molecule has 0 fully saturated rings. The average molecular weight is 264 g/mol. The molecule has 0 aliphatic heterocycles. The van der Waals surface area contributed by atoms with Crippen molar-refractivity contribution < 1.29 is 3.89 Å². The molecule has 66 valence electrons. The van der Waals surface area contributed by atoms with Crippen molar-refractivity contribution in [3.8, 4) is 0 Å². The van der Waals surface area contributed by atoms with Crippen LogP contribution in [0.3, 0.4) is 0 Å². The molecule has 0 radical (unpaired) electrons. The Morgan fingerprint density at radius 2 is 1.58 bits per heavy atom. The number of halogens is 4. The second kappa shape index (κ2) is 4.82. The molecule has 0 nitrogen and oxygen atoms in total. The molecule has 1 aromatic rings. The fourth-order valence-corrected chi connectivity index (χ4v) is 3.03. The number of rotatable bonds is 2. The third-order valence-electron chi connectivity index (χ3n) is 1.08. The lowest BCUT2D eigenvalue weighted by Crippen LogP contribution is -1.74. The molecule has 0 amide bonds. The predicted octanol–water partition coefficient (Wildman–Crippen LogP) is 5.27. The van der Waals surface area contributed by atoms with Crippen LogP contribution in [0.4, 0.5) is 3.89 Å². The van der Waals surface area contributed by atoms with Crippen LogP contribution in [0, 0.1) is 0 Å². The maximum Gasteiger partial charge on any atom is 0.120 e. The van der Waals surface area contributed by atoms with E-state index in [1.165, 1.54) is 12.1 Å². The standard InChI is InChI=1S/C6H2Cl3FS2/c7-3-1-4(8)6(11-12-10)5(9)2-3/h1-2H. The first-order chi connectivity index (χ1) is 5.65. The summed E-state index contributed by atoms with van der Waals surface area (Å²) >= 11 is 17.2. The molecule has 0 bridgehead atoms. The first-order valence-corrected chi connectivity index (χ1v) is 5.93. The lowest BCUT2D eigenvalue weighted by atomic mass is 10.4. The van der Waals surface area contributed by atoms with Gasteiger partial charge in [0, 0.05) is 5.02 Å². The molecule has 0 aliphatic rings. The van der Waals surface area contributed by atoms with Crippen molar-refractivity contribution in [3.05, 3.63) is 27.2 Å². The van der Waals surface area contributed by atoms with Crippen LogP contribution in [0.2, 0.25) is 15.1 Å². The molecule has 0 aliphatic carbocycles. The summed E-state index contributed by atoms with van der Waals surface area (Å²) < 4.78 is 11.9. The van der Waals surface area contributed by atoms with Crippen molar-refractivity contribution in [1.82, 2.24) is 0 Å². The molecule has 12 heavy (non-hydrogen) atoms. The Morgan fingerprint density at radius 1 is 1.08 bits per heavy atom. The maximum atomic E-state index is 11.9. The van der Waals surface area contributed by atoms with Crippen molar-refractivity contribution >= 4 is 56.8 Å². The van der Waals surface area contributed by atoms with Crippen LogP contribution >= 0.6 is 56.8 Å². The largest absolute Gasteiger partial charge is 0.152 e. The van der Waals surface area contributed by atoms with Crippen LogP contribution in [-0.4, -0.2) is 0 Å². The molecule has 1 rings (SSSR count). The van der Waals surface area contributed by atoms with Gasteiger partial charge < -0.3 is 0 Å². The normalized spacial score (nSPS) is 10.3. The minimum atomic E-state index is 0.0936. The van der Waals surface area contributed by atoms with Gasteiger partial charge in [-0.1, -0.05) is 34.8 Å². The van der Waals surface area contributed by atoms with Crippen LogP contribution in [0.25, 0.3) is 0 Å². The van der Waals surface area contributed by atoms with E-state index in [2.05, 4.69) is 0 Å². The van der Waals surface area contributed by atoms with Crippen LogP contribution in [0.5, 0.6) is 0 Å². The third-order valence-corrected chi connectivity index (χ3v) is 3.47. The summed E-state index contributed by atoms with van der Waals surface area (Å²) in [6.07, 6.45) is 0. The van der Waals surface area contributed by atoms with E-state index in [0.29, 0.717) is 20.0 Å². The Labute approximate surface area is 92.4 Å². The van der Waals surface area contributed by atoms with Gasteiger partial charge in [0.2, 0.25) is 0 Å². The zero-order chi connectivity index (χ0) is 9.14. The molecule has 0 unspecified atom stereocenters. The van der Waals surface area contributed by atoms with Crippen molar-refractivity contribution in [2.24, 2.45) is 0 Å². The summed E-state index contributed by atoms with van der Waals surface area (Å²) in [6, 6.07) is 3.04. The molecule has 0 N–H and O–H groups in total. The number of hydrogen-bond donors (Lipinski definition) is 0. The molecule has 0 atom stereocenters. The van der Waals surface area contributed by atoms with Gasteiger partial charge in [0.15, 0.2) is 0 Å². The average Bonchev–Trinajstić information content (AvgIpc) is 1.96.